The minimum Gasteiger partial charge on any atom is -0.272 e. The lowest BCUT2D eigenvalue weighted by Crippen LogP contribution is -2.12. The van der Waals surface area contributed by atoms with Crippen LogP contribution in [0.4, 0.5) is 13.2 Å². The van der Waals surface area contributed by atoms with Crippen LogP contribution in [-0.4, -0.2) is 14.6 Å². The molecule has 0 bridgehead atoms. The molecule has 0 radical (unpaired) electrons. The first-order chi connectivity index (χ1) is 7.04. The molecule has 0 amide bonds. The van der Waals surface area contributed by atoms with Crippen molar-refractivity contribution >= 4 is 17.6 Å². The summed E-state index contributed by atoms with van der Waals surface area (Å²) in [6, 6.07) is 4.47. The second-order valence-corrected chi connectivity index (χ2v) is 3.35. The first-order valence-corrected chi connectivity index (χ1v) is 4.70. The number of nitrogens with zero attached hydrogens (tertiary/aromatic N) is 3. The minimum absolute atomic E-state index is 0.123. The summed E-state index contributed by atoms with van der Waals surface area (Å²) >= 11 is 0.716. The van der Waals surface area contributed by atoms with Crippen LogP contribution in [0.5, 0.6) is 0 Å². The van der Waals surface area contributed by atoms with Gasteiger partial charge < -0.3 is 0 Å². The largest absolute Gasteiger partial charge is 0.452 e. The van der Waals surface area contributed by atoms with Crippen LogP contribution in [-0.2, 0) is 6.18 Å². The van der Waals surface area contributed by atoms with Gasteiger partial charge >= 0.3 is 6.18 Å². The van der Waals surface area contributed by atoms with Crippen molar-refractivity contribution in [1.29, 1.82) is 0 Å². The van der Waals surface area contributed by atoms with E-state index in [4.69, 9.17) is 5.14 Å². The van der Waals surface area contributed by atoms with Gasteiger partial charge in [-0.25, -0.2) is 0 Å². The van der Waals surface area contributed by atoms with E-state index in [9.17, 15) is 13.2 Å². The topological polar surface area (TPSA) is 56.2 Å². The third-order valence-electron chi connectivity index (χ3n) is 1.77. The molecule has 2 heterocycles. The molecule has 0 fully saturated rings. The van der Waals surface area contributed by atoms with Crippen LogP contribution < -0.4 is 5.14 Å². The predicted octanol–water partition coefficient (Wildman–Crippen LogP) is 1.71. The van der Waals surface area contributed by atoms with Gasteiger partial charge in [-0.3, -0.25) is 9.54 Å². The molecule has 0 atom stereocenters. The molecule has 0 unspecified atom stereocenters. The molecule has 0 aliphatic rings. The molecule has 0 saturated carbocycles. The quantitative estimate of drug-likeness (QED) is 0.763. The molecule has 2 aromatic rings. The average Bonchev–Trinajstić information content (AvgIpc) is 2.59. The molecule has 0 aromatic carbocycles. The molecule has 15 heavy (non-hydrogen) atoms. The van der Waals surface area contributed by atoms with Gasteiger partial charge in [-0.2, -0.15) is 13.2 Å². The van der Waals surface area contributed by atoms with Crippen LogP contribution in [0, 0.1) is 0 Å². The summed E-state index contributed by atoms with van der Waals surface area (Å²) in [6.45, 7) is 0. The molecule has 2 N–H and O–H groups in total. The Kier molecular flexibility index (Phi) is 2.31. The van der Waals surface area contributed by atoms with E-state index in [1.807, 2.05) is 0 Å². The van der Waals surface area contributed by atoms with Crippen molar-refractivity contribution < 1.29 is 13.2 Å². The number of pyridine rings is 1. The van der Waals surface area contributed by atoms with E-state index in [1.165, 1.54) is 12.1 Å². The van der Waals surface area contributed by atoms with Crippen molar-refractivity contribution in [2.75, 3.05) is 0 Å². The van der Waals surface area contributed by atoms with Gasteiger partial charge in [-0.05, 0) is 24.1 Å². The Morgan fingerprint density at radius 3 is 2.60 bits per heavy atom. The number of fused-ring (bicyclic) bond motifs is 1. The molecule has 8 heteroatoms. The Labute approximate surface area is 86.4 Å². The molecular formula is C7H5F3N4S. The van der Waals surface area contributed by atoms with Gasteiger partial charge in [0.2, 0.25) is 5.82 Å². The molecule has 0 saturated heterocycles. The molecule has 0 aliphatic carbocycles. The highest BCUT2D eigenvalue weighted by molar-refractivity contribution is 7.97. The highest BCUT2D eigenvalue weighted by atomic mass is 32.2. The van der Waals surface area contributed by atoms with Gasteiger partial charge in [0.25, 0.3) is 0 Å². The smallest absolute Gasteiger partial charge is 0.272 e. The SMILES string of the molecule is NSc1cccc2nnc(C(F)(F)F)n12. The summed E-state index contributed by atoms with van der Waals surface area (Å²) in [7, 11) is 0. The van der Waals surface area contributed by atoms with Crippen molar-refractivity contribution in [3.63, 3.8) is 0 Å². The number of aromatic nitrogens is 3. The maximum absolute atomic E-state index is 12.5. The lowest BCUT2D eigenvalue weighted by molar-refractivity contribution is -0.146. The van der Waals surface area contributed by atoms with E-state index in [1.54, 1.807) is 6.07 Å². The molecule has 4 nitrogen and oxygen atoms in total. The zero-order valence-electron chi connectivity index (χ0n) is 7.19. The number of rotatable bonds is 1. The Morgan fingerprint density at radius 2 is 2.00 bits per heavy atom. The van der Waals surface area contributed by atoms with Crippen LogP contribution in [0.3, 0.4) is 0 Å². The van der Waals surface area contributed by atoms with Crippen molar-refractivity contribution in [3.8, 4) is 0 Å². The van der Waals surface area contributed by atoms with Crippen molar-refractivity contribution in [2.45, 2.75) is 11.2 Å². The van der Waals surface area contributed by atoms with Crippen molar-refractivity contribution in [2.24, 2.45) is 5.14 Å². The van der Waals surface area contributed by atoms with E-state index in [0.29, 0.717) is 11.9 Å². The second kappa shape index (κ2) is 3.38. The van der Waals surface area contributed by atoms with Crippen LogP contribution in [0.25, 0.3) is 5.65 Å². The first kappa shape index (κ1) is 10.2. The number of alkyl halides is 3. The van der Waals surface area contributed by atoms with Gasteiger partial charge in [0, 0.05) is 0 Å². The van der Waals surface area contributed by atoms with E-state index < -0.39 is 12.0 Å². The fourth-order valence-electron chi connectivity index (χ4n) is 1.19. The Bertz CT molecular complexity index is 492. The average molecular weight is 234 g/mol. The van der Waals surface area contributed by atoms with Gasteiger partial charge in [0.05, 0.1) is 5.03 Å². The van der Waals surface area contributed by atoms with Crippen molar-refractivity contribution in [1.82, 2.24) is 14.6 Å². The van der Waals surface area contributed by atoms with Gasteiger partial charge in [-0.15, -0.1) is 10.2 Å². The number of halogens is 3. The van der Waals surface area contributed by atoms with E-state index in [-0.39, 0.29) is 10.7 Å². The summed E-state index contributed by atoms with van der Waals surface area (Å²) in [4.78, 5) is 0. The maximum Gasteiger partial charge on any atom is 0.452 e. The van der Waals surface area contributed by atoms with Crippen LogP contribution in [0.2, 0.25) is 0 Å². The summed E-state index contributed by atoms with van der Waals surface area (Å²) in [5.41, 5.74) is 0.123. The summed E-state index contributed by atoms with van der Waals surface area (Å²) in [6.07, 6.45) is -4.54. The third kappa shape index (κ3) is 1.65. The lowest BCUT2D eigenvalue weighted by atomic mass is 10.4. The third-order valence-corrected chi connectivity index (χ3v) is 2.33. The monoisotopic (exact) mass is 234 g/mol. The minimum atomic E-state index is -4.54. The fourth-order valence-corrected chi connectivity index (χ4v) is 1.63. The van der Waals surface area contributed by atoms with Gasteiger partial charge in [0.1, 0.15) is 0 Å². The molecule has 0 spiro atoms. The number of hydrogen-bond acceptors (Lipinski definition) is 4. The maximum atomic E-state index is 12.5. The molecule has 2 rings (SSSR count). The molecule has 2 aromatic heterocycles. The Hall–Kier alpha value is -1.28. The molecule has 0 aliphatic heterocycles. The molecular weight excluding hydrogens is 229 g/mol. The second-order valence-electron chi connectivity index (χ2n) is 2.70. The molecule has 80 valence electrons. The number of hydrogen-bond donors (Lipinski definition) is 1. The fraction of sp³-hybridized carbons (Fsp3) is 0.143. The zero-order valence-corrected chi connectivity index (χ0v) is 8.01. The van der Waals surface area contributed by atoms with E-state index in [0.717, 1.165) is 4.40 Å². The Morgan fingerprint density at radius 1 is 1.27 bits per heavy atom. The summed E-state index contributed by atoms with van der Waals surface area (Å²) in [5.74, 6) is -1.06. The zero-order chi connectivity index (χ0) is 11.1. The van der Waals surface area contributed by atoms with Gasteiger partial charge in [0.15, 0.2) is 5.65 Å². The lowest BCUT2D eigenvalue weighted by Gasteiger charge is -2.06. The standard InChI is InChI=1S/C7H5F3N4S/c8-7(9,10)6-13-12-4-2-1-3-5(15-11)14(4)6/h1-3H,11H2. The van der Waals surface area contributed by atoms with Gasteiger partial charge in [-0.1, -0.05) is 6.07 Å². The van der Waals surface area contributed by atoms with E-state index in [2.05, 4.69) is 10.2 Å². The van der Waals surface area contributed by atoms with E-state index >= 15 is 0 Å². The summed E-state index contributed by atoms with van der Waals surface area (Å²) in [5, 5.41) is 12.0. The van der Waals surface area contributed by atoms with Crippen LogP contribution in [0.1, 0.15) is 5.82 Å². The number of nitrogens with two attached hydrogens (primary N) is 1. The summed E-state index contributed by atoms with van der Waals surface area (Å²) < 4.78 is 38.4. The normalized spacial score (nSPS) is 12.3. The highest BCUT2D eigenvalue weighted by Crippen LogP contribution is 2.29. The Balaban J connectivity index is 2.77. The van der Waals surface area contributed by atoms with Crippen LogP contribution in [0.15, 0.2) is 23.2 Å². The van der Waals surface area contributed by atoms with Crippen molar-refractivity contribution in [3.05, 3.63) is 24.0 Å². The van der Waals surface area contributed by atoms with Crippen LogP contribution >= 0.6 is 11.9 Å². The first-order valence-electron chi connectivity index (χ1n) is 3.82. The predicted molar refractivity (Wildman–Crippen MR) is 48.0 cm³/mol. The highest BCUT2D eigenvalue weighted by Gasteiger charge is 2.37.